The molecule has 0 unspecified atom stereocenters. The van der Waals surface area contributed by atoms with E-state index in [1.807, 2.05) is 13.8 Å². The second-order valence-corrected chi connectivity index (χ2v) is 6.57. The summed E-state index contributed by atoms with van der Waals surface area (Å²) in [6.45, 7) is 9.84. The van der Waals surface area contributed by atoms with Crippen LogP contribution in [0.5, 0.6) is 5.75 Å². The zero-order valence-electron chi connectivity index (χ0n) is 14.7. The predicted molar refractivity (Wildman–Crippen MR) is 89.1 cm³/mol. The van der Waals surface area contributed by atoms with E-state index in [-0.39, 0.29) is 12.4 Å². The Balaban J connectivity index is 2.47. The number of carbonyl (C=O) groups is 1. The minimum Gasteiger partial charge on any atom is -0.477 e. The number of fused-ring (bicyclic) bond motifs is 1. The van der Waals surface area contributed by atoms with E-state index >= 15 is 0 Å². The highest BCUT2D eigenvalue weighted by Gasteiger charge is 2.43. The molecule has 6 heteroatoms. The number of hydrogen-bond donors (Lipinski definition) is 0. The van der Waals surface area contributed by atoms with Crippen LogP contribution in [-0.2, 0) is 15.7 Å². The molecular formula is C19H23F3O3. The van der Waals surface area contributed by atoms with Crippen molar-refractivity contribution in [3.63, 3.8) is 0 Å². The SMILES string of the molecule is C=C1c2cccc(C(F)(F)F)c2O[C@H](C(=O)OCC)[C@@H]1CCC(C)C. The molecule has 25 heavy (non-hydrogen) atoms. The number of rotatable bonds is 5. The molecule has 0 saturated carbocycles. The van der Waals surface area contributed by atoms with E-state index in [9.17, 15) is 18.0 Å². The molecule has 0 bridgehead atoms. The lowest BCUT2D eigenvalue weighted by atomic mass is 9.81. The first-order valence-corrected chi connectivity index (χ1v) is 8.39. The van der Waals surface area contributed by atoms with Crippen LogP contribution in [0.25, 0.3) is 5.57 Å². The molecule has 1 aliphatic rings. The first-order valence-electron chi connectivity index (χ1n) is 8.39. The topological polar surface area (TPSA) is 35.5 Å². The van der Waals surface area contributed by atoms with E-state index in [0.29, 0.717) is 23.5 Å². The molecule has 0 spiro atoms. The number of halogens is 3. The third-order valence-electron chi connectivity index (χ3n) is 4.30. The number of para-hydroxylation sites is 1. The second-order valence-electron chi connectivity index (χ2n) is 6.57. The van der Waals surface area contributed by atoms with Crippen LogP contribution in [0, 0.1) is 11.8 Å². The molecule has 0 fully saturated rings. The van der Waals surface area contributed by atoms with Crippen molar-refractivity contribution in [2.75, 3.05) is 6.61 Å². The summed E-state index contributed by atoms with van der Waals surface area (Å²) in [7, 11) is 0. The third-order valence-corrected chi connectivity index (χ3v) is 4.30. The molecule has 0 radical (unpaired) electrons. The van der Waals surface area contributed by atoms with Crippen LogP contribution in [0.1, 0.15) is 44.7 Å². The average Bonchev–Trinajstić information content (AvgIpc) is 2.52. The van der Waals surface area contributed by atoms with E-state index in [4.69, 9.17) is 9.47 Å². The van der Waals surface area contributed by atoms with Gasteiger partial charge in [0.05, 0.1) is 12.2 Å². The highest BCUT2D eigenvalue weighted by atomic mass is 19.4. The third kappa shape index (κ3) is 4.17. The quantitative estimate of drug-likeness (QED) is 0.689. The lowest BCUT2D eigenvalue weighted by Crippen LogP contribution is -2.40. The summed E-state index contributed by atoms with van der Waals surface area (Å²) in [6.07, 6.45) is -4.29. The first-order chi connectivity index (χ1) is 11.7. The van der Waals surface area contributed by atoms with Crippen LogP contribution in [-0.4, -0.2) is 18.7 Å². The van der Waals surface area contributed by atoms with Gasteiger partial charge in [-0.05, 0) is 30.9 Å². The van der Waals surface area contributed by atoms with Gasteiger partial charge in [-0.2, -0.15) is 13.2 Å². The van der Waals surface area contributed by atoms with Gasteiger partial charge >= 0.3 is 12.1 Å². The maximum atomic E-state index is 13.3. The molecule has 1 aliphatic heterocycles. The second kappa shape index (κ2) is 7.50. The molecule has 0 aliphatic carbocycles. The molecule has 3 nitrogen and oxygen atoms in total. The number of benzene rings is 1. The van der Waals surface area contributed by atoms with Crippen molar-refractivity contribution in [1.29, 1.82) is 0 Å². The molecule has 0 amide bonds. The fourth-order valence-corrected chi connectivity index (χ4v) is 3.01. The summed E-state index contributed by atoms with van der Waals surface area (Å²) in [6, 6.07) is 3.83. The summed E-state index contributed by atoms with van der Waals surface area (Å²) in [5.41, 5.74) is -0.0991. The normalized spacial score (nSPS) is 20.2. The Morgan fingerprint density at radius 2 is 2.04 bits per heavy atom. The van der Waals surface area contributed by atoms with Crippen LogP contribution in [0.3, 0.4) is 0 Å². The van der Waals surface area contributed by atoms with Crippen LogP contribution in [0.15, 0.2) is 24.8 Å². The van der Waals surface area contributed by atoms with E-state index in [0.717, 1.165) is 12.5 Å². The fourth-order valence-electron chi connectivity index (χ4n) is 3.01. The Morgan fingerprint density at radius 3 is 2.60 bits per heavy atom. The molecule has 0 aromatic heterocycles. The maximum absolute atomic E-state index is 13.3. The molecule has 138 valence electrons. The van der Waals surface area contributed by atoms with Gasteiger partial charge in [-0.15, -0.1) is 0 Å². The first kappa shape index (κ1) is 19.3. The molecule has 1 heterocycles. The van der Waals surface area contributed by atoms with Gasteiger partial charge in [0, 0.05) is 11.5 Å². The van der Waals surface area contributed by atoms with E-state index < -0.39 is 29.7 Å². The monoisotopic (exact) mass is 356 g/mol. The van der Waals surface area contributed by atoms with Gasteiger partial charge in [0.15, 0.2) is 0 Å². The standard InChI is InChI=1S/C19H23F3O3/c1-5-24-18(23)17-14(10-9-11(2)3)12(4)13-7-6-8-15(16(13)25-17)19(20,21)22/h6-8,11,14,17H,4-5,9-10H2,1-3H3/t14-,17+/m1/s1. The largest absolute Gasteiger partial charge is 0.477 e. The number of ether oxygens (including phenoxy) is 2. The van der Waals surface area contributed by atoms with Gasteiger partial charge in [-0.3, -0.25) is 0 Å². The molecular weight excluding hydrogens is 333 g/mol. The van der Waals surface area contributed by atoms with Crippen molar-refractivity contribution >= 4 is 11.5 Å². The van der Waals surface area contributed by atoms with Crippen molar-refractivity contribution in [3.8, 4) is 5.75 Å². The van der Waals surface area contributed by atoms with Crippen LogP contribution in [0.4, 0.5) is 13.2 Å². The molecule has 2 atom stereocenters. The average molecular weight is 356 g/mol. The van der Waals surface area contributed by atoms with E-state index in [1.54, 1.807) is 13.0 Å². The van der Waals surface area contributed by atoms with Crippen molar-refractivity contribution < 1.29 is 27.4 Å². The van der Waals surface area contributed by atoms with Gasteiger partial charge in [0.1, 0.15) is 5.75 Å². The van der Waals surface area contributed by atoms with Gasteiger partial charge in [-0.1, -0.05) is 39.0 Å². The van der Waals surface area contributed by atoms with Gasteiger partial charge in [0.25, 0.3) is 0 Å². The van der Waals surface area contributed by atoms with E-state index in [1.165, 1.54) is 6.07 Å². The number of alkyl halides is 3. The van der Waals surface area contributed by atoms with Crippen molar-refractivity contribution in [3.05, 3.63) is 35.9 Å². The lowest BCUT2D eigenvalue weighted by Gasteiger charge is -2.35. The number of hydrogen-bond acceptors (Lipinski definition) is 3. The number of carbonyl (C=O) groups excluding carboxylic acids is 1. The molecule has 0 saturated heterocycles. The highest BCUT2D eigenvalue weighted by molar-refractivity contribution is 5.84. The maximum Gasteiger partial charge on any atom is 0.419 e. The molecule has 2 rings (SSSR count). The Bertz CT molecular complexity index is 650. The van der Waals surface area contributed by atoms with E-state index in [2.05, 4.69) is 6.58 Å². The van der Waals surface area contributed by atoms with Crippen LogP contribution in [0.2, 0.25) is 0 Å². The zero-order valence-corrected chi connectivity index (χ0v) is 14.7. The summed E-state index contributed by atoms with van der Waals surface area (Å²) in [5.74, 6) is -1.00. The smallest absolute Gasteiger partial charge is 0.419 e. The summed E-state index contributed by atoms with van der Waals surface area (Å²) in [4.78, 5) is 12.3. The van der Waals surface area contributed by atoms with Gasteiger partial charge < -0.3 is 9.47 Å². The van der Waals surface area contributed by atoms with Crippen LogP contribution >= 0.6 is 0 Å². The number of esters is 1. The van der Waals surface area contributed by atoms with Crippen molar-refractivity contribution in [2.24, 2.45) is 11.8 Å². The zero-order chi connectivity index (χ0) is 18.8. The van der Waals surface area contributed by atoms with Gasteiger partial charge in [-0.25, -0.2) is 4.79 Å². The Kier molecular flexibility index (Phi) is 5.80. The molecule has 1 aromatic carbocycles. The highest BCUT2D eigenvalue weighted by Crippen LogP contribution is 2.47. The summed E-state index contributed by atoms with van der Waals surface area (Å²) < 4.78 is 50.5. The summed E-state index contributed by atoms with van der Waals surface area (Å²) >= 11 is 0. The summed E-state index contributed by atoms with van der Waals surface area (Å²) in [5, 5.41) is 0. The Labute approximate surface area is 145 Å². The Morgan fingerprint density at radius 1 is 1.36 bits per heavy atom. The predicted octanol–water partition coefficient (Wildman–Crippen LogP) is 5.10. The van der Waals surface area contributed by atoms with Crippen molar-refractivity contribution in [1.82, 2.24) is 0 Å². The fraction of sp³-hybridized carbons (Fsp3) is 0.526. The minimum absolute atomic E-state index is 0.135. The lowest BCUT2D eigenvalue weighted by molar-refractivity contribution is -0.155. The van der Waals surface area contributed by atoms with Crippen molar-refractivity contribution in [2.45, 2.75) is 45.9 Å². The molecule has 1 aromatic rings. The molecule has 0 N–H and O–H groups in total. The van der Waals surface area contributed by atoms with Crippen LogP contribution < -0.4 is 4.74 Å². The van der Waals surface area contributed by atoms with Gasteiger partial charge in [0.2, 0.25) is 6.10 Å². The minimum atomic E-state index is -4.57. The Hall–Kier alpha value is -1.98.